The average Bonchev–Trinajstić information content (AvgIpc) is 3.18. The summed E-state index contributed by atoms with van der Waals surface area (Å²) in [5, 5.41) is 14.1. The number of hydrogen-bond donors (Lipinski definition) is 2. The number of fused-ring (bicyclic) bond motifs is 1. The van der Waals surface area contributed by atoms with E-state index in [1.165, 1.54) is 0 Å². The van der Waals surface area contributed by atoms with Crippen LogP contribution in [0.25, 0.3) is 0 Å². The number of rotatable bonds is 3. The maximum atomic E-state index is 12.9. The van der Waals surface area contributed by atoms with Gasteiger partial charge >= 0.3 is 6.03 Å². The summed E-state index contributed by atoms with van der Waals surface area (Å²) in [5.74, 6) is -0.441. The Balaban J connectivity index is 1.49. The summed E-state index contributed by atoms with van der Waals surface area (Å²) in [6.45, 7) is 4.01. The van der Waals surface area contributed by atoms with E-state index in [4.69, 9.17) is 0 Å². The fourth-order valence-corrected chi connectivity index (χ4v) is 5.01. The molecule has 0 bridgehead atoms. The average molecular weight is 385 g/mol. The van der Waals surface area contributed by atoms with Crippen molar-refractivity contribution >= 4 is 17.8 Å². The Kier molecular flexibility index (Phi) is 4.45. The molecule has 4 amide bonds. The number of aliphatic hydroxyl groups is 1. The highest BCUT2D eigenvalue weighted by atomic mass is 16.3. The molecule has 2 N–H and O–H groups in total. The second kappa shape index (κ2) is 6.58. The van der Waals surface area contributed by atoms with Gasteiger partial charge in [-0.15, -0.1) is 0 Å². The molecule has 4 rings (SSSR count). The quantitative estimate of drug-likeness (QED) is 0.771. The van der Waals surface area contributed by atoms with Gasteiger partial charge in [-0.25, -0.2) is 4.79 Å². The van der Waals surface area contributed by atoms with E-state index in [9.17, 15) is 19.5 Å². The summed E-state index contributed by atoms with van der Waals surface area (Å²) >= 11 is 0. The molecule has 1 saturated carbocycles. The minimum Gasteiger partial charge on any atom is -0.385 e. The molecule has 3 atom stereocenters. The highest BCUT2D eigenvalue weighted by Gasteiger charge is 2.51. The number of urea groups is 1. The Hall–Kier alpha value is -2.41. The van der Waals surface area contributed by atoms with Gasteiger partial charge in [-0.05, 0) is 44.6 Å². The topological polar surface area (TPSA) is 90.0 Å². The first-order chi connectivity index (χ1) is 13.2. The van der Waals surface area contributed by atoms with Gasteiger partial charge in [0, 0.05) is 19.0 Å². The predicted octanol–water partition coefficient (Wildman–Crippen LogP) is 1.46. The molecule has 0 aromatic heterocycles. The van der Waals surface area contributed by atoms with Crippen molar-refractivity contribution in [1.29, 1.82) is 0 Å². The number of likely N-dealkylation sites (tertiary alicyclic amines) is 1. The molecular formula is C21H27N3O4. The third kappa shape index (κ3) is 2.98. The second-order valence-corrected chi connectivity index (χ2v) is 8.79. The zero-order valence-electron chi connectivity index (χ0n) is 16.4. The van der Waals surface area contributed by atoms with Crippen LogP contribution in [0, 0.1) is 11.8 Å². The van der Waals surface area contributed by atoms with E-state index in [0.29, 0.717) is 19.5 Å². The zero-order valence-corrected chi connectivity index (χ0v) is 16.4. The van der Waals surface area contributed by atoms with Crippen LogP contribution in [0.5, 0.6) is 0 Å². The Bertz CT molecular complexity index is 809. The molecule has 7 heteroatoms. The van der Waals surface area contributed by atoms with Crippen LogP contribution in [0.15, 0.2) is 30.3 Å². The predicted molar refractivity (Wildman–Crippen MR) is 102 cm³/mol. The molecule has 7 nitrogen and oxygen atoms in total. The lowest BCUT2D eigenvalue weighted by Gasteiger charge is -2.41. The summed E-state index contributed by atoms with van der Waals surface area (Å²) in [6.07, 6.45) is 2.57. The number of nitrogens with zero attached hydrogens (tertiary/aromatic N) is 2. The van der Waals surface area contributed by atoms with Crippen LogP contribution in [0.2, 0.25) is 0 Å². The summed E-state index contributed by atoms with van der Waals surface area (Å²) in [5.41, 5.74) is -1.03. The van der Waals surface area contributed by atoms with Gasteiger partial charge in [-0.1, -0.05) is 30.3 Å². The molecule has 2 aliphatic heterocycles. The van der Waals surface area contributed by atoms with Crippen molar-refractivity contribution in [2.75, 3.05) is 19.6 Å². The highest BCUT2D eigenvalue weighted by Crippen LogP contribution is 2.48. The first kappa shape index (κ1) is 18.9. The second-order valence-electron chi connectivity index (χ2n) is 8.79. The Labute approximate surface area is 164 Å². The van der Waals surface area contributed by atoms with Crippen LogP contribution in [0.1, 0.15) is 38.7 Å². The zero-order chi connectivity index (χ0) is 20.1. The molecule has 3 fully saturated rings. The van der Waals surface area contributed by atoms with Crippen molar-refractivity contribution < 1.29 is 19.5 Å². The lowest BCUT2D eigenvalue weighted by molar-refractivity contribution is -0.138. The Morgan fingerprint density at radius 3 is 2.57 bits per heavy atom. The maximum Gasteiger partial charge on any atom is 0.325 e. The summed E-state index contributed by atoms with van der Waals surface area (Å²) < 4.78 is 0. The first-order valence-corrected chi connectivity index (χ1v) is 9.92. The minimum absolute atomic E-state index is 0.0350. The maximum absolute atomic E-state index is 12.9. The molecule has 0 unspecified atom stereocenters. The van der Waals surface area contributed by atoms with Gasteiger partial charge in [0.1, 0.15) is 12.1 Å². The lowest BCUT2D eigenvalue weighted by Crippen LogP contribution is -2.45. The van der Waals surface area contributed by atoms with Crippen LogP contribution in [-0.4, -0.2) is 57.9 Å². The van der Waals surface area contributed by atoms with E-state index in [0.717, 1.165) is 23.3 Å². The number of amides is 4. The number of imide groups is 1. The van der Waals surface area contributed by atoms with Crippen molar-refractivity contribution in [1.82, 2.24) is 15.1 Å². The number of hydrogen-bond acceptors (Lipinski definition) is 4. The molecule has 1 aromatic carbocycles. The van der Waals surface area contributed by atoms with E-state index in [1.807, 2.05) is 30.3 Å². The molecule has 0 radical (unpaired) electrons. The van der Waals surface area contributed by atoms with Gasteiger partial charge < -0.3 is 15.3 Å². The normalized spacial score (nSPS) is 31.7. The van der Waals surface area contributed by atoms with Gasteiger partial charge in [-0.3, -0.25) is 14.5 Å². The molecule has 2 saturated heterocycles. The molecule has 0 spiro atoms. The van der Waals surface area contributed by atoms with E-state index in [1.54, 1.807) is 18.7 Å². The van der Waals surface area contributed by atoms with Gasteiger partial charge in [-0.2, -0.15) is 0 Å². The van der Waals surface area contributed by atoms with Crippen molar-refractivity contribution in [2.24, 2.45) is 11.8 Å². The first-order valence-electron chi connectivity index (χ1n) is 9.92. The standard InChI is InChI=1S/C21H27N3O4/c1-20(2)18(26)24(19(27)22-20)13-17(25)23-11-14-7-6-10-21(28,16(14)12-23)15-8-4-3-5-9-15/h3-5,8-9,14,16,28H,6-7,10-13H2,1-2H3,(H,22,27)/t14-,16+,21+/m1/s1. The third-order valence-electron chi connectivity index (χ3n) is 6.55. The minimum atomic E-state index is -0.982. The number of carbonyl (C=O) groups is 3. The Morgan fingerprint density at radius 2 is 1.93 bits per heavy atom. The van der Waals surface area contributed by atoms with Crippen LogP contribution < -0.4 is 5.32 Å². The third-order valence-corrected chi connectivity index (χ3v) is 6.55. The smallest absolute Gasteiger partial charge is 0.325 e. The highest BCUT2D eigenvalue weighted by molar-refractivity contribution is 6.08. The van der Waals surface area contributed by atoms with Crippen molar-refractivity contribution in [2.45, 2.75) is 44.2 Å². The van der Waals surface area contributed by atoms with Crippen LogP contribution in [0.3, 0.4) is 0 Å². The van der Waals surface area contributed by atoms with Crippen LogP contribution >= 0.6 is 0 Å². The van der Waals surface area contributed by atoms with Crippen molar-refractivity contribution in [3.8, 4) is 0 Å². The van der Waals surface area contributed by atoms with Gasteiger partial charge in [0.05, 0.1) is 5.60 Å². The van der Waals surface area contributed by atoms with Gasteiger partial charge in [0.2, 0.25) is 5.91 Å². The fraction of sp³-hybridized carbons (Fsp3) is 0.571. The lowest BCUT2D eigenvalue weighted by atomic mass is 9.67. The van der Waals surface area contributed by atoms with Crippen molar-refractivity contribution in [3.05, 3.63) is 35.9 Å². The van der Waals surface area contributed by atoms with Gasteiger partial charge in [0.15, 0.2) is 0 Å². The number of nitrogens with one attached hydrogen (secondary N) is 1. The van der Waals surface area contributed by atoms with E-state index in [-0.39, 0.29) is 30.2 Å². The summed E-state index contributed by atoms with van der Waals surface area (Å²) in [6, 6.07) is 9.14. The van der Waals surface area contributed by atoms with Crippen LogP contribution in [0.4, 0.5) is 4.79 Å². The van der Waals surface area contributed by atoms with Crippen LogP contribution in [-0.2, 0) is 15.2 Å². The Morgan fingerprint density at radius 1 is 1.21 bits per heavy atom. The molecule has 2 heterocycles. The molecule has 1 aromatic rings. The molecule has 3 aliphatic rings. The monoisotopic (exact) mass is 385 g/mol. The molecule has 1 aliphatic carbocycles. The van der Waals surface area contributed by atoms with Gasteiger partial charge in [0.25, 0.3) is 5.91 Å². The summed E-state index contributed by atoms with van der Waals surface area (Å²) in [7, 11) is 0. The summed E-state index contributed by atoms with van der Waals surface area (Å²) in [4.78, 5) is 40.0. The molecular weight excluding hydrogens is 358 g/mol. The van der Waals surface area contributed by atoms with Crippen molar-refractivity contribution in [3.63, 3.8) is 0 Å². The SMILES string of the molecule is CC1(C)NC(=O)N(CC(=O)N2C[C@H]3CCC[C@](O)(c4ccccc4)[C@H]3C2)C1=O. The molecule has 150 valence electrons. The van der Waals surface area contributed by atoms with E-state index < -0.39 is 17.2 Å². The van der Waals surface area contributed by atoms with E-state index in [2.05, 4.69) is 5.32 Å². The molecule has 28 heavy (non-hydrogen) atoms. The number of carbonyl (C=O) groups excluding carboxylic acids is 3. The largest absolute Gasteiger partial charge is 0.385 e. The fourth-order valence-electron chi connectivity index (χ4n) is 5.01. The number of benzene rings is 1. The van der Waals surface area contributed by atoms with E-state index >= 15 is 0 Å².